The first-order chi connectivity index (χ1) is 8.86. The summed E-state index contributed by atoms with van der Waals surface area (Å²) in [5.41, 5.74) is 3.58. The van der Waals surface area contributed by atoms with E-state index in [1.54, 1.807) is 0 Å². The number of fused-ring (bicyclic) bond motifs is 2. The Morgan fingerprint density at radius 2 is 1.72 bits per heavy atom. The maximum atomic E-state index is 4.70. The molecule has 0 aliphatic carbocycles. The van der Waals surface area contributed by atoms with Crippen molar-refractivity contribution in [2.24, 2.45) is 0 Å². The quantitative estimate of drug-likeness (QED) is 0.598. The number of pyridine rings is 1. The monoisotopic (exact) mass is 235 g/mol. The first-order valence-corrected chi connectivity index (χ1v) is 6.65. The van der Waals surface area contributed by atoms with Gasteiger partial charge in [0.15, 0.2) is 0 Å². The van der Waals surface area contributed by atoms with Gasteiger partial charge in [-0.2, -0.15) is 0 Å². The van der Waals surface area contributed by atoms with E-state index in [2.05, 4.69) is 49.4 Å². The third-order valence-electron chi connectivity index (χ3n) is 3.40. The summed E-state index contributed by atoms with van der Waals surface area (Å²) in [7, 11) is 0. The number of hydrogen-bond donors (Lipinski definition) is 0. The first-order valence-electron chi connectivity index (χ1n) is 6.65. The van der Waals surface area contributed by atoms with Gasteiger partial charge in [-0.3, -0.25) is 0 Å². The van der Waals surface area contributed by atoms with Gasteiger partial charge in [0.1, 0.15) is 0 Å². The summed E-state index contributed by atoms with van der Waals surface area (Å²) in [6, 6.07) is 17.2. The van der Waals surface area contributed by atoms with Crippen molar-refractivity contribution < 1.29 is 0 Å². The van der Waals surface area contributed by atoms with Crippen molar-refractivity contribution in [3.8, 4) is 0 Å². The molecule has 90 valence electrons. The van der Waals surface area contributed by atoms with E-state index in [4.69, 9.17) is 4.98 Å². The predicted octanol–water partition coefficient (Wildman–Crippen LogP) is 4.73. The van der Waals surface area contributed by atoms with E-state index in [1.807, 2.05) is 6.07 Å². The zero-order valence-electron chi connectivity index (χ0n) is 10.7. The summed E-state index contributed by atoms with van der Waals surface area (Å²) in [6.45, 7) is 2.23. The van der Waals surface area contributed by atoms with Gasteiger partial charge in [0.2, 0.25) is 0 Å². The Hall–Kier alpha value is -1.89. The maximum absolute atomic E-state index is 4.70. The zero-order valence-corrected chi connectivity index (χ0v) is 10.7. The largest absolute Gasteiger partial charge is 0.248 e. The molecule has 1 heterocycles. The van der Waals surface area contributed by atoms with Gasteiger partial charge in [-0.15, -0.1) is 0 Å². The Labute approximate surface area is 107 Å². The highest BCUT2D eigenvalue weighted by Crippen LogP contribution is 2.21. The van der Waals surface area contributed by atoms with Gasteiger partial charge in [0.25, 0.3) is 0 Å². The first kappa shape index (κ1) is 11.2. The lowest BCUT2D eigenvalue weighted by Crippen LogP contribution is -1.87. The van der Waals surface area contributed by atoms with Crippen LogP contribution < -0.4 is 0 Å². The van der Waals surface area contributed by atoms with Crippen LogP contribution in [0.2, 0.25) is 0 Å². The third kappa shape index (κ3) is 2.08. The zero-order chi connectivity index (χ0) is 12.4. The number of benzene rings is 2. The molecule has 0 aliphatic rings. The molecular weight excluding hydrogens is 218 g/mol. The average Bonchev–Trinajstić information content (AvgIpc) is 2.42. The summed E-state index contributed by atoms with van der Waals surface area (Å²) in [5, 5.41) is 2.47. The van der Waals surface area contributed by atoms with Crippen LogP contribution in [0.1, 0.15) is 25.3 Å². The molecule has 0 spiro atoms. The van der Waals surface area contributed by atoms with Crippen LogP contribution in [-0.4, -0.2) is 4.98 Å². The summed E-state index contributed by atoms with van der Waals surface area (Å²) >= 11 is 0. The van der Waals surface area contributed by atoms with Gasteiger partial charge in [-0.25, -0.2) is 4.98 Å². The Kier molecular flexibility index (Phi) is 2.97. The Morgan fingerprint density at radius 3 is 2.61 bits per heavy atom. The van der Waals surface area contributed by atoms with Crippen molar-refractivity contribution in [1.82, 2.24) is 4.98 Å². The van der Waals surface area contributed by atoms with E-state index < -0.39 is 0 Å². The predicted molar refractivity (Wildman–Crippen MR) is 77.9 cm³/mol. The van der Waals surface area contributed by atoms with E-state index in [0.717, 1.165) is 11.0 Å². The molecule has 1 heteroatoms. The fourth-order valence-electron chi connectivity index (χ4n) is 2.37. The normalized spacial score (nSPS) is 11.2. The summed E-state index contributed by atoms with van der Waals surface area (Å²) < 4.78 is 0. The molecule has 18 heavy (non-hydrogen) atoms. The molecule has 0 aliphatic heterocycles. The van der Waals surface area contributed by atoms with Crippen molar-refractivity contribution in [2.75, 3.05) is 0 Å². The number of aromatic nitrogens is 1. The highest BCUT2D eigenvalue weighted by molar-refractivity contribution is 5.92. The minimum atomic E-state index is 1.08. The third-order valence-corrected chi connectivity index (χ3v) is 3.40. The van der Waals surface area contributed by atoms with Gasteiger partial charge in [0.05, 0.1) is 11.0 Å². The minimum Gasteiger partial charge on any atom is -0.248 e. The van der Waals surface area contributed by atoms with Crippen LogP contribution in [0.15, 0.2) is 48.5 Å². The van der Waals surface area contributed by atoms with Crippen LogP contribution in [0.4, 0.5) is 0 Å². The van der Waals surface area contributed by atoms with Crippen molar-refractivity contribution >= 4 is 21.8 Å². The van der Waals surface area contributed by atoms with Gasteiger partial charge in [0, 0.05) is 10.8 Å². The van der Waals surface area contributed by atoms with Crippen molar-refractivity contribution in [2.45, 2.75) is 26.2 Å². The molecular formula is C17H17N. The standard InChI is InChI=1S/C17H17N/c1-2-3-6-13-9-10-17-15(11-13)12-14-7-4-5-8-16(14)18-17/h4-5,7-12H,2-3,6H2,1H3. The summed E-state index contributed by atoms with van der Waals surface area (Å²) in [5.74, 6) is 0. The van der Waals surface area contributed by atoms with E-state index in [-0.39, 0.29) is 0 Å². The highest BCUT2D eigenvalue weighted by Gasteiger charge is 2.00. The average molecular weight is 235 g/mol. The number of nitrogens with zero attached hydrogens (tertiary/aromatic N) is 1. The van der Waals surface area contributed by atoms with Gasteiger partial charge in [-0.1, -0.05) is 37.6 Å². The van der Waals surface area contributed by atoms with Gasteiger partial charge < -0.3 is 0 Å². The van der Waals surface area contributed by atoms with Crippen molar-refractivity contribution in [3.63, 3.8) is 0 Å². The van der Waals surface area contributed by atoms with Crippen LogP contribution in [0, 0.1) is 0 Å². The number of para-hydroxylation sites is 1. The number of rotatable bonds is 3. The molecule has 0 atom stereocenters. The lowest BCUT2D eigenvalue weighted by atomic mass is 10.0. The second-order valence-corrected chi connectivity index (χ2v) is 4.81. The Bertz CT molecular complexity index is 685. The molecule has 3 rings (SSSR count). The lowest BCUT2D eigenvalue weighted by Gasteiger charge is -2.04. The van der Waals surface area contributed by atoms with Crippen LogP contribution in [0.3, 0.4) is 0 Å². The molecule has 0 amide bonds. The fraction of sp³-hybridized carbons (Fsp3) is 0.235. The van der Waals surface area contributed by atoms with E-state index in [0.29, 0.717) is 0 Å². The number of aryl methyl sites for hydroxylation is 1. The van der Waals surface area contributed by atoms with E-state index >= 15 is 0 Å². The molecule has 1 aromatic heterocycles. The molecule has 0 unspecified atom stereocenters. The molecule has 1 nitrogen and oxygen atoms in total. The summed E-state index contributed by atoms with van der Waals surface area (Å²) in [6.07, 6.45) is 3.67. The topological polar surface area (TPSA) is 12.9 Å². The summed E-state index contributed by atoms with van der Waals surface area (Å²) in [4.78, 5) is 4.70. The number of unbranched alkanes of at least 4 members (excludes halogenated alkanes) is 1. The Morgan fingerprint density at radius 1 is 0.889 bits per heavy atom. The molecule has 3 aromatic rings. The van der Waals surface area contributed by atoms with Crippen molar-refractivity contribution in [3.05, 3.63) is 54.1 Å². The smallest absolute Gasteiger partial charge is 0.0709 e. The molecule has 0 radical (unpaired) electrons. The Balaban J connectivity index is 2.12. The second kappa shape index (κ2) is 4.77. The maximum Gasteiger partial charge on any atom is 0.0709 e. The van der Waals surface area contributed by atoms with Crippen molar-refractivity contribution in [1.29, 1.82) is 0 Å². The van der Waals surface area contributed by atoms with Gasteiger partial charge >= 0.3 is 0 Å². The molecule has 2 aromatic carbocycles. The number of hydrogen-bond acceptors (Lipinski definition) is 1. The molecule has 0 saturated heterocycles. The minimum absolute atomic E-state index is 1.08. The van der Waals surface area contributed by atoms with Gasteiger partial charge in [-0.05, 0) is 42.7 Å². The molecule has 0 fully saturated rings. The lowest BCUT2D eigenvalue weighted by molar-refractivity contribution is 0.796. The van der Waals surface area contributed by atoms with Crippen LogP contribution in [-0.2, 0) is 6.42 Å². The molecule has 0 saturated carbocycles. The molecule has 0 N–H and O–H groups in total. The van der Waals surface area contributed by atoms with E-state index in [1.165, 1.54) is 35.6 Å². The second-order valence-electron chi connectivity index (χ2n) is 4.81. The van der Waals surface area contributed by atoms with Crippen LogP contribution >= 0.6 is 0 Å². The fourth-order valence-corrected chi connectivity index (χ4v) is 2.37. The van der Waals surface area contributed by atoms with E-state index in [9.17, 15) is 0 Å². The van der Waals surface area contributed by atoms with Crippen LogP contribution in [0.5, 0.6) is 0 Å². The highest BCUT2D eigenvalue weighted by atomic mass is 14.7. The molecule has 0 bridgehead atoms. The SMILES string of the molecule is CCCCc1ccc2nc3ccccc3cc2c1. The van der Waals surface area contributed by atoms with Crippen LogP contribution in [0.25, 0.3) is 21.8 Å².